The molecule has 9 heteroatoms. The third-order valence-electron chi connectivity index (χ3n) is 3.55. The topological polar surface area (TPSA) is 116 Å². The van der Waals surface area contributed by atoms with Crippen LogP contribution in [0.5, 0.6) is 0 Å². The molecule has 23 heavy (non-hydrogen) atoms. The van der Waals surface area contributed by atoms with Crippen LogP contribution in [-0.4, -0.2) is 35.2 Å². The van der Waals surface area contributed by atoms with Gasteiger partial charge in [-0.2, -0.15) is 0 Å². The van der Waals surface area contributed by atoms with E-state index in [1.807, 2.05) is 0 Å². The van der Waals surface area contributed by atoms with Gasteiger partial charge in [0.1, 0.15) is 10.9 Å². The van der Waals surface area contributed by atoms with Gasteiger partial charge in [0, 0.05) is 11.3 Å². The Kier molecular flexibility index (Phi) is 4.79. The van der Waals surface area contributed by atoms with Crippen LogP contribution in [0.15, 0.2) is 0 Å². The van der Waals surface area contributed by atoms with Crippen LogP contribution in [0.2, 0.25) is 0 Å². The lowest BCUT2D eigenvalue weighted by Gasteiger charge is -2.06. The predicted molar refractivity (Wildman–Crippen MR) is 82.5 cm³/mol. The van der Waals surface area contributed by atoms with Gasteiger partial charge in [0.2, 0.25) is 11.9 Å². The number of ketones is 1. The summed E-state index contributed by atoms with van der Waals surface area (Å²) < 4.78 is 4.96. The molecular formula is C14H16N2O6S. The summed E-state index contributed by atoms with van der Waals surface area (Å²) in [4.78, 5) is 46.3. The normalized spacial score (nSPS) is 19.1. The zero-order chi connectivity index (χ0) is 17.3. The predicted octanol–water partition coefficient (Wildman–Crippen LogP) is 2.04. The lowest BCUT2D eigenvalue weighted by Crippen LogP contribution is -2.19. The van der Waals surface area contributed by atoms with Gasteiger partial charge in [-0.05, 0) is 26.3 Å². The van der Waals surface area contributed by atoms with Gasteiger partial charge in [-0.15, -0.1) is 11.3 Å². The number of Topliss-reactive ketones (excluding diaryl/α,β-unsaturated/α-hetero) is 1. The molecule has 124 valence electrons. The van der Waals surface area contributed by atoms with E-state index in [-0.39, 0.29) is 29.4 Å². The second-order valence-corrected chi connectivity index (χ2v) is 6.24. The molecule has 8 nitrogen and oxygen atoms in total. The van der Waals surface area contributed by atoms with Gasteiger partial charge < -0.3 is 10.1 Å². The van der Waals surface area contributed by atoms with Crippen LogP contribution in [0.25, 0.3) is 0 Å². The SMILES string of the molecule is CCOC(=O)c1c(NC(=O)[C@H]2C[C@@H]2[N+](=O)[O-])sc(C(C)=O)c1C. The molecule has 1 aromatic heterocycles. The van der Waals surface area contributed by atoms with Gasteiger partial charge in [0.25, 0.3) is 0 Å². The minimum atomic E-state index is -0.880. The molecule has 1 saturated carbocycles. The summed E-state index contributed by atoms with van der Waals surface area (Å²) in [6, 6.07) is -0.880. The van der Waals surface area contributed by atoms with E-state index in [1.165, 1.54) is 6.92 Å². The zero-order valence-corrected chi connectivity index (χ0v) is 13.7. The largest absolute Gasteiger partial charge is 0.462 e. The molecule has 0 unspecified atom stereocenters. The molecule has 0 spiro atoms. The van der Waals surface area contributed by atoms with Crippen molar-refractivity contribution in [3.05, 3.63) is 26.1 Å². The fourth-order valence-electron chi connectivity index (χ4n) is 2.29. The molecule has 0 aliphatic heterocycles. The molecule has 2 atom stereocenters. The summed E-state index contributed by atoms with van der Waals surface area (Å²) in [7, 11) is 0. The van der Waals surface area contributed by atoms with Crippen molar-refractivity contribution in [2.45, 2.75) is 33.2 Å². The molecule has 0 saturated heterocycles. The van der Waals surface area contributed by atoms with Gasteiger partial charge in [0.05, 0.1) is 17.0 Å². The van der Waals surface area contributed by atoms with Crippen LogP contribution in [-0.2, 0) is 9.53 Å². The maximum absolute atomic E-state index is 12.1. The first-order chi connectivity index (χ1) is 10.8. The molecule has 0 aromatic carbocycles. The first-order valence-electron chi connectivity index (χ1n) is 7.03. The van der Waals surface area contributed by atoms with Crippen molar-refractivity contribution in [2.75, 3.05) is 11.9 Å². The number of hydrogen-bond donors (Lipinski definition) is 1. The molecule has 1 amide bonds. The van der Waals surface area contributed by atoms with Crippen LogP contribution in [0.1, 0.15) is 45.9 Å². The Morgan fingerprint density at radius 3 is 2.57 bits per heavy atom. The molecule has 1 heterocycles. The average Bonchev–Trinajstić information content (AvgIpc) is 3.19. The molecule has 1 aromatic rings. The Morgan fingerprint density at radius 2 is 2.09 bits per heavy atom. The maximum atomic E-state index is 12.1. The number of hydrogen-bond acceptors (Lipinski definition) is 7. The molecule has 1 aliphatic carbocycles. The van der Waals surface area contributed by atoms with Crippen molar-refractivity contribution in [1.29, 1.82) is 0 Å². The molecular weight excluding hydrogens is 324 g/mol. The number of nitro groups is 1. The van der Waals surface area contributed by atoms with E-state index in [4.69, 9.17) is 4.74 Å². The van der Waals surface area contributed by atoms with E-state index < -0.39 is 28.8 Å². The highest BCUT2D eigenvalue weighted by molar-refractivity contribution is 7.18. The van der Waals surface area contributed by atoms with Crippen molar-refractivity contribution >= 4 is 34.0 Å². The summed E-state index contributed by atoms with van der Waals surface area (Å²) >= 11 is 0.979. The molecule has 1 fully saturated rings. The summed E-state index contributed by atoms with van der Waals surface area (Å²) in [6.45, 7) is 4.77. The average molecular weight is 340 g/mol. The van der Waals surface area contributed by atoms with Crippen LogP contribution in [0.4, 0.5) is 5.00 Å². The van der Waals surface area contributed by atoms with E-state index in [0.29, 0.717) is 10.4 Å². The first kappa shape index (κ1) is 17.1. The number of anilines is 1. The van der Waals surface area contributed by atoms with Crippen molar-refractivity contribution in [3.63, 3.8) is 0 Å². The van der Waals surface area contributed by atoms with Crippen molar-refractivity contribution in [1.82, 2.24) is 0 Å². The number of ether oxygens (including phenoxy) is 1. The van der Waals surface area contributed by atoms with Gasteiger partial charge in [-0.25, -0.2) is 4.79 Å². The Morgan fingerprint density at radius 1 is 1.43 bits per heavy atom. The number of nitrogens with one attached hydrogen (secondary N) is 1. The van der Waals surface area contributed by atoms with Gasteiger partial charge in [0.15, 0.2) is 5.78 Å². The van der Waals surface area contributed by atoms with Crippen molar-refractivity contribution < 1.29 is 24.0 Å². The van der Waals surface area contributed by atoms with Gasteiger partial charge in [-0.3, -0.25) is 19.7 Å². The van der Waals surface area contributed by atoms with E-state index in [2.05, 4.69) is 5.32 Å². The summed E-state index contributed by atoms with van der Waals surface area (Å²) in [5.74, 6) is -2.09. The van der Waals surface area contributed by atoms with E-state index in [1.54, 1.807) is 13.8 Å². The summed E-state index contributed by atoms with van der Waals surface area (Å²) in [5.41, 5.74) is 0.576. The van der Waals surface area contributed by atoms with E-state index in [9.17, 15) is 24.5 Å². The molecule has 0 bridgehead atoms. The number of rotatable bonds is 6. The smallest absolute Gasteiger partial charge is 0.341 e. The molecule has 0 radical (unpaired) electrons. The third kappa shape index (κ3) is 3.39. The van der Waals surface area contributed by atoms with Gasteiger partial charge >= 0.3 is 5.97 Å². The second-order valence-electron chi connectivity index (χ2n) is 5.22. The Bertz CT molecular complexity index is 696. The van der Waals surface area contributed by atoms with Crippen molar-refractivity contribution in [2.24, 2.45) is 5.92 Å². The Labute approximate surface area is 136 Å². The summed E-state index contributed by atoms with van der Waals surface area (Å²) in [5, 5.41) is 13.4. The van der Waals surface area contributed by atoms with Crippen LogP contribution >= 0.6 is 11.3 Å². The van der Waals surface area contributed by atoms with Gasteiger partial charge in [-0.1, -0.05) is 0 Å². The fourth-order valence-corrected chi connectivity index (χ4v) is 3.38. The highest BCUT2D eigenvalue weighted by Gasteiger charge is 2.53. The number of esters is 1. The molecule has 1 aliphatic rings. The highest BCUT2D eigenvalue weighted by Crippen LogP contribution is 2.38. The molecule has 1 N–H and O–H groups in total. The number of thiophene rings is 1. The van der Waals surface area contributed by atoms with Crippen LogP contribution in [0, 0.1) is 23.0 Å². The first-order valence-corrected chi connectivity index (χ1v) is 7.85. The highest BCUT2D eigenvalue weighted by atomic mass is 32.1. The monoisotopic (exact) mass is 340 g/mol. The lowest BCUT2D eigenvalue weighted by molar-refractivity contribution is -0.497. The van der Waals surface area contributed by atoms with Crippen molar-refractivity contribution in [3.8, 4) is 0 Å². The second kappa shape index (κ2) is 6.45. The Hall–Kier alpha value is -2.29. The van der Waals surface area contributed by atoms with E-state index in [0.717, 1.165) is 11.3 Å². The minimum absolute atomic E-state index is 0.133. The number of amides is 1. The number of carbonyl (C=O) groups is 3. The minimum Gasteiger partial charge on any atom is -0.462 e. The maximum Gasteiger partial charge on any atom is 0.341 e. The Balaban J connectivity index is 2.28. The van der Waals surface area contributed by atoms with Crippen LogP contribution in [0.3, 0.4) is 0 Å². The van der Waals surface area contributed by atoms with E-state index >= 15 is 0 Å². The fraction of sp³-hybridized carbons (Fsp3) is 0.500. The number of nitrogens with zero attached hydrogens (tertiary/aromatic N) is 1. The summed E-state index contributed by atoms with van der Waals surface area (Å²) in [6.07, 6.45) is 0.178. The zero-order valence-electron chi connectivity index (χ0n) is 12.9. The quantitative estimate of drug-likeness (QED) is 0.367. The standard InChI is InChI=1S/C14H16N2O6S/c1-4-22-14(19)10-6(2)11(7(3)17)23-13(10)15-12(18)8-5-9(8)16(20)21/h8-9H,4-5H2,1-3H3,(H,15,18)/t8-,9-/m0/s1. The van der Waals surface area contributed by atoms with Crippen LogP contribution < -0.4 is 5.32 Å². The third-order valence-corrected chi connectivity index (χ3v) is 4.86. The molecule has 2 rings (SSSR count). The number of carbonyl (C=O) groups excluding carboxylic acids is 3. The lowest BCUT2D eigenvalue weighted by atomic mass is 10.1.